The second kappa shape index (κ2) is 12.4. The number of ether oxygens (including phenoxy) is 2. The minimum atomic E-state index is -0.527. The molecule has 0 saturated heterocycles. The Morgan fingerprint density at radius 1 is 0.968 bits per heavy atom. The number of carbonyl (C=O) groups excluding carboxylic acids is 3. The highest BCUT2D eigenvalue weighted by molar-refractivity contribution is 5.97. The van der Waals surface area contributed by atoms with E-state index in [4.69, 9.17) is 9.47 Å². The summed E-state index contributed by atoms with van der Waals surface area (Å²) in [6, 6.07) is 13.7. The van der Waals surface area contributed by atoms with Gasteiger partial charge in [-0.25, -0.2) is 5.43 Å². The first-order valence-electron chi connectivity index (χ1n) is 9.36. The van der Waals surface area contributed by atoms with Gasteiger partial charge in [-0.15, -0.1) is 6.58 Å². The first-order chi connectivity index (χ1) is 15.0. The van der Waals surface area contributed by atoms with Crippen molar-refractivity contribution in [2.45, 2.75) is 6.42 Å². The zero-order valence-electron chi connectivity index (χ0n) is 17.1. The Morgan fingerprint density at radius 3 is 2.29 bits per heavy atom. The smallest absolute Gasteiger partial charge is 0.262 e. The standard InChI is InChI=1S/C22H24N4O5/c1-3-12-23-20(27)13-21(28)26-24-14-16-4-8-19(9-5-16)31-15-22(29)25-17-6-10-18(30-2)11-7-17/h3-11,14H,1,12-13,15H2,2H3,(H,23,27)(H,25,29)(H,26,28)/b24-14+. The van der Waals surface area contributed by atoms with E-state index in [-0.39, 0.29) is 18.9 Å². The number of rotatable bonds is 11. The van der Waals surface area contributed by atoms with Gasteiger partial charge in [0.25, 0.3) is 5.91 Å². The van der Waals surface area contributed by atoms with Crippen LogP contribution in [0.2, 0.25) is 0 Å². The molecule has 0 atom stereocenters. The molecule has 0 spiro atoms. The Balaban J connectivity index is 1.73. The fourth-order valence-electron chi connectivity index (χ4n) is 2.28. The summed E-state index contributed by atoms with van der Waals surface area (Å²) in [6.07, 6.45) is 2.63. The maximum absolute atomic E-state index is 12.0. The van der Waals surface area contributed by atoms with Gasteiger partial charge in [0.05, 0.1) is 13.3 Å². The maximum Gasteiger partial charge on any atom is 0.262 e. The van der Waals surface area contributed by atoms with E-state index in [0.717, 1.165) is 0 Å². The van der Waals surface area contributed by atoms with Crippen molar-refractivity contribution in [2.24, 2.45) is 5.10 Å². The number of carbonyl (C=O) groups is 3. The summed E-state index contributed by atoms with van der Waals surface area (Å²) in [6.45, 7) is 3.62. The van der Waals surface area contributed by atoms with Crippen LogP contribution in [0.1, 0.15) is 12.0 Å². The van der Waals surface area contributed by atoms with Gasteiger partial charge >= 0.3 is 0 Å². The van der Waals surface area contributed by atoms with E-state index in [1.165, 1.54) is 12.3 Å². The Kier molecular flexibility index (Phi) is 9.28. The predicted molar refractivity (Wildman–Crippen MR) is 117 cm³/mol. The molecule has 9 heteroatoms. The van der Waals surface area contributed by atoms with E-state index in [1.807, 2.05) is 0 Å². The molecule has 0 aromatic heterocycles. The van der Waals surface area contributed by atoms with Crippen LogP contribution < -0.4 is 25.5 Å². The zero-order chi connectivity index (χ0) is 22.5. The molecule has 2 rings (SSSR count). The third kappa shape index (κ3) is 8.82. The number of anilines is 1. The summed E-state index contributed by atoms with van der Waals surface area (Å²) >= 11 is 0. The molecular weight excluding hydrogens is 400 g/mol. The van der Waals surface area contributed by atoms with Crippen molar-refractivity contribution >= 4 is 29.6 Å². The van der Waals surface area contributed by atoms with Crippen molar-refractivity contribution < 1.29 is 23.9 Å². The number of amides is 3. The molecule has 0 fully saturated rings. The molecule has 9 nitrogen and oxygen atoms in total. The Morgan fingerprint density at radius 2 is 1.65 bits per heavy atom. The second-order valence-corrected chi connectivity index (χ2v) is 6.20. The van der Waals surface area contributed by atoms with Crippen molar-refractivity contribution in [1.29, 1.82) is 0 Å². The van der Waals surface area contributed by atoms with Crippen molar-refractivity contribution in [3.63, 3.8) is 0 Å². The van der Waals surface area contributed by atoms with Gasteiger partial charge in [-0.2, -0.15) is 5.10 Å². The van der Waals surface area contributed by atoms with Gasteiger partial charge in [0.15, 0.2) is 6.61 Å². The first-order valence-corrected chi connectivity index (χ1v) is 9.36. The molecule has 0 aliphatic heterocycles. The highest BCUT2D eigenvalue weighted by atomic mass is 16.5. The number of hydrogen-bond donors (Lipinski definition) is 3. The molecule has 2 aromatic carbocycles. The number of methoxy groups -OCH3 is 1. The van der Waals surface area contributed by atoms with Crippen molar-refractivity contribution in [1.82, 2.24) is 10.7 Å². The monoisotopic (exact) mass is 424 g/mol. The Bertz CT molecular complexity index is 924. The fraction of sp³-hybridized carbons (Fsp3) is 0.182. The molecule has 0 radical (unpaired) electrons. The minimum Gasteiger partial charge on any atom is -0.497 e. The van der Waals surface area contributed by atoms with Gasteiger partial charge in [-0.05, 0) is 54.1 Å². The van der Waals surface area contributed by atoms with E-state index in [0.29, 0.717) is 29.3 Å². The van der Waals surface area contributed by atoms with Gasteiger partial charge in [0.1, 0.15) is 17.9 Å². The summed E-state index contributed by atoms with van der Waals surface area (Å²) in [5.41, 5.74) is 3.62. The summed E-state index contributed by atoms with van der Waals surface area (Å²) in [7, 11) is 1.57. The zero-order valence-corrected chi connectivity index (χ0v) is 17.1. The molecule has 2 aromatic rings. The lowest BCUT2D eigenvalue weighted by Crippen LogP contribution is -2.29. The lowest BCUT2D eigenvalue weighted by atomic mass is 10.2. The molecule has 31 heavy (non-hydrogen) atoms. The number of nitrogens with one attached hydrogen (secondary N) is 3. The summed E-state index contributed by atoms with van der Waals surface area (Å²) in [5.74, 6) is -0.0298. The van der Waals surface area contributed by atoms with Crippen LogP contribution in [0.3, 0.4) is 0 Å². The van der Waals surface area contributed by atoms with Gasteiger partial charge in [0.2, 0.25) is 11.8 Å². The van der Waals surface area contributed by atoms with E-state index in [1.54, 1.807) is 55.6 Å². The van der Waals surface area contributed by atoms with Crippen LogP contribution >= 0.6 is 0 Å². The summed E-state index contributed by atoms with van der Waals surface area (Å²) in [4.78, 5) is 35.0. The third-order valence-corrected chi connectivity index (χ3v) is 3.79. The van der Waals surface area contributed by atoms with E-state index in [9.17, 15) is 14.4 Å². The largest absolute Gasteiger partial charge is 0.497 e. The average molecular weight is 424 g/mol. The van der Waals surface area contributed by atoms with Crippen LogP contribution in [0.25, 0.3) is 0 Å². The maximum atomic E-state index is 12.0. The Hall–Kier alpha value is -4.14. The topological polar surface area (TPSA) is 118 Å². The summed E-state index contributed by atoms with van der Waals surface area (Å²) < 4.78 is 10.5. The van der Waals surface area contributed by atoms with Crippen LogP contribution in [0.4, 0.5) is 5.69 Å². The quantitative estimate of drug-likeness (QED) is 0.220. The number of nitrogens with zero attached hydrogens (tertiary/aromatic N) is 1. The van der Waals surface area contributed by atoms with Gasteiger partial charge in [-0.1, -0.05) is 6.08 Å². The predicted octanol–water partition coefficient (Wildman–Crippen LogP) is 1.86. The number of hydrogen-bond acceptors (Lipinski definition) is 6. The molecule has 0 aliphatic carbocycles. The van der Waals surface area contributed by atoms with Crippen molar-refractivity contribution in [3.8, 4) is 11.5 Å². The van der Waals surface area contributed by atoms with E-state index < -0.39 is 11.8 Å². The van der Waals surface area contributed by atoms with E-state index >= 15 is 0 Å². The second-order valence-electron chi connectivity index (χ2n) is 6.20. The lowest BCUT2D eigenvalue weighted by Gasteiger charge is -2.08. The van der Waals surface area contributed by atoms with Crippen molar-refractivity contribution in [3.05, 3.63) is 66.7 Å². The molecule has 162 valence electrons. The van der Waals surface area contributed by atoms with Gasteiger partial charge in [-0.3, -0.25) is 14.4 Å². The van der Waals surface area contributed by atoms with Crippen LogP contribution in [0, 0.1) is 0 Å². The third-order valence-electron chi connectivity index (χ3n) is 3.79. The molecule has 3 amide bonds. The molecular formula is C22H24N4O5. The highest BCUT2D eigenvalue weighted by Gasteiger charge is 2.07. The summed E-state index contributed by atoms with van der Waals surface area (Å²) in [5, 5.41) is 9.02. The fourth-order valence-corrected chi connectivity index (χ4v) is 2.28. The Labute approximate surface area is 180 Å². The molecule has 0 aliphatic rings. The van der Waals surface area contributed by atoms with Crippen LogP contribution in [-0.4, -0.2) is 44.2 Å². The molecule has 0 heterocycles. The van der Waals surface area contributed by atoms with Gasteiger partial charge < -0.3 is 20.1 Å². The number of benzene rings is 2. The highest BCUT2D eigenvalue weighted by Crippen LogP contribution is 2.15. The lowest BCUT2D eigenvalue weighted by molar-refractivity contribution is -0.129. The molecule has 0 unspecified atom stereocenters. The minimum absolute atomic E-state index is 0.149. The normalized spacial score (nSPS) is 10.2. The van der Waals surface area contributed by atoms with E-state index in [2.05, 4.69) is 27.7 Å². The molecule has 0 saturated carbocycles. The van der Waals surface area contributed by atoms with Gasteiger partial charge in [0, 0.05) is 12.2 Å². The van der Waals surface area contributed by atoms with Crippen molar-refractivity contribution in [2.75, 3.05) is 25.6 Å². The molecule has 3 N–H and O–H groups in total. The van der Waals surface area contributed by atoms with Crippen LogP contribution in [-0.2, 0) is 14.4 Å². The van der Waals surface area contributed by atoms with Crippen LogP contribution in [0.15, 0.2) is 66.3 Å². The average Bonchev–Trinajstić information content (AvgIpc) is 2.77. The molecule has 0 bridgehead atoms. The number of hydrazone groups is 1. The SMILES string of the molecule is C=CCNC(=O)CC(=O)N/N=C/c1ccc(OCC(=O)Nc2ccc(OC)cc2)cc1. The van der Waals surface area contributed by atoms with Crippen LogP contribution in [0.5, 0.6) is 11.5 Å². The first kappa shape index (κ1) is 23.1.